The van der Waals surface area contributed by atoms with E-state index in [1.165, 1.54) is 35.6 Å². The normalized spacial score (nSPS) is 11.7. The van der Waals surface area contributed by atoms with E-state index in [0.717, 1.165) is 14.0 Å². The van der Waals surface area contributed by atoms with Crippen LogP contribution in [0.1, 0.15) is 16.5 Å². The van der Waals surface area contributed by atoms with Crippen LogP contribution in [-0.4, -0.2) is 19.6 Å². The topological polar surface area (TPSA) is 95.1 Å². The fourth-order valence-electron chi connectivity index (χ4n) is 3.17. The van der Waals surface area contributed by atoms with Crippen LogP contribution in [0, 0.1) is 5.82 Å². The van der Waals surface area contributed by atoms with Crippen molar-refractivity contribution < 1.29 is 9.18 Å². The molecule has 0 radical (unpaired) electrons. The molecular formula is C22H21FN4O4S. The van der Waals surface area contributed by atoms with Gasteiger partial charge in [-0.05, 0) is 29.1 Å². The summed E-state index contributed by atoms with van der Waals surface area (Å²) in [6, 6.07) is 8.69. The number of halogens is 1. The maximum Gasteiger partial charge on any atom is 0.337 e. The number of carbonyl (C=O) groups excluding carboxylic acids is 1. The summed E-state index contributed by atoms with van der Waals surface area (Å²) < 4.78 is 15.7. The molecule has 2 heterocycles. The molecule has 1 unspecified atom stereocenters. The highest BCUT2D eigenvalue weighted by Crippen LogP contribution is 2.26. The molecule has 10 heteroatoms. The summed E-state index contributed by atoms with van der Waals surface area (Å²) in [6.45, 7) is 6.18. The fourth-order valence-corrected chi connectivity index (χ4v) is 3.97. The Kier molecular flexibility index (Phi) is 7.16. The Hall–Kier alpha value is -3.79. The molecule has 1 amide bonds. The van der Waals surface area contributed by atoms with Crippen LogP contribution in [0.2, 0.25) is 0 Å². The molecule has 3 aromatic rings. The maximum atomic E-state index is 13.4. The number of nitrogens with one attached hydrogen (secondary N) is 1. The van der Waals surface area contributed by atoms with Gasteiger partial charge in [-0.25, -0.2) is 32.5 Å². The lowest BCUT2D eigenvalue weighted by Gasteiger charge is -2.19. The van der Waals surface area contributed by atoms with Crippen LogP contribution in [0.3, 0.4) is 0 Å². The molecule has 0 aliphatic heterocycles. The molecule has 3 rings (SSSR count). The molecule has 0 aliphatic carbocycles. The Morgan fingerprint density at radius 2 is 1.53 bits per heavy atom. The molecule has 166 valence electrons. The molecule has 1 atom stereocenters. The lowest BCUT2D eigenvalue weighted by atomic mass is 10.1. The SMILES string of the molecule is C=CCn1c(=O)n(CC=C)c(=O)n(CC(=O)NC(c2ccc(F)cc2)c2cccs2)c1=O. The number of nitrogens with zero attached hydrogens (tertiary/aromatic N) is 3. The smallest absolute Gasteiger partial charge is 0.337 e. The summed E-state index contributed by atoms with van der Waals surface area (Å²) >= 11 is 1.39. The number of rotatable bonds is 9. The van der Waals surface area contributed by atoms with Crippen molar-refractivity contribution in [2.75, 3.05) is 0 Å². The molecule has 1 aromatic carbocycles. The van der Waals surface area contributed by atoms with Crippen molar-refractivity contribution in [1.29, 1.82) is 0 Å². The minimum atomic E-state index is -0.912. The molecular weight excluding hydrogens is 435 g/mol. The van der Waals surface area contributed by atoms with Gasteiger partial charge in [0, 0.05) is 4.88 Å². The van der Waals surface area contributed by atoms with Gasteiger partial charge in [0.15, 0.2) is 0 Å². The van der Waals surface area contributed by atoms with E-state index in [2.05, 4.69) is 18.5 Å². The fraction of sp³-hybridized carbons (Fsp3) is 0.182. The van der Waals surface area contributed by atoms with Crippen molar-refractivity contribution >= 4 is 17.2 Å². The van der Waals surface area contributed by atoms with E-state index in [-0.39, 0.29) is 13.1 Å². The van der Waals surface area contributed by atoms with Gasteiger partial charge < -0.3 is 5.32 Å². The van der Waals surface area contributed by atoms with E-state index in [0.29, 0.717) is 10.1 Å². The standard InChI is InChI=1S/C22H21FN4O4S/c1-3-11-25-20(29)26(12-4-2)22(31)27(21(25)30)14-18(28)24-19(17-6-5-13-32-17)15-7-9-16(23)10-8-15/h3-10,13,19H,1-2,11-12,14H2,(H,24,28). The molecule has 0 saturated heterocycles. The summed E-state index contributed by atoms with van der Waals surface area (Å²) in [4.78, 5) is 51.6. The largest absolute Gasteiger partial charge is 0.343 e. The summed E-state index contributed by atoms with van der Waals surface area (Å²) in [5, 5.41) is 4.62. The van der Waals surface area contributed by atoms with Gasteiger partial charge in [0.25, 0.3) is 0 Å². The van der Waals surface area contributed by atoms with Gasteiger partial charge in [-0.1, -0.05) is 30.4 Å². The lowest BCUT2D eigenvalue weighted by molar-refractivity contribution is -0.122. The maximum absolute atomic E-state index is 13.4. The van der Waals surface area contributed by atoms with Crippen LogP contribution in [-0.2, 0) is 24.4 Å². The minimum Gasteiger partial charge on any atom is -0.343 e. The molecule has 0 fully saturated rings. The van der Waals surface area contributed by atoms with Gasteiger partial charge in [0.1, 0.15) is 12.4 Å². The molecule has 0 spiro atoms. The number of aromatic nitrogens is 3. The van der Waals surface area contributed by atoms with Crippen LogP contribution in [0.4, 0.5) is 4.39 Å². The molecule has 0 aliphatic rings. The Bertz CT molecular complexity index is 1260. The Balaban J connectivity index is 1.98. The highest BCUT2D eigenvalue weighted by molar-refractivity contribution is 7.10. The first-order valence-corrected chi connectivity index (χ1v) is 10.5. The highest BCUT2D eigenvalue weighted by atomic mass is 32.1. The van der Waals surface area contributed by atoms with E-state index < -0.39 is 41.4 Å². The van der Waals surface area contributed by atoms with E-state index in [1.807, 2.05) is 17.5 Å². The Labute approximate surface area is 186 Å². The second-order valence-corrected chi connectivity index (χ2v) is 7.78. The van der Waals surface area contributed by atoms with Crippen LogP contribution < -0.4 is 22.4 Å². The van der Waals surface area contributed by atoms with E-state index in [1.54, 1.807) is 12.1 Å². The average Bonchev–Trinajstić information content (AvgIpc) is 3.31. The van der Waals surface area contributed by atoms with Crippen molar-refractivity contribution in [1.82, 2.24) is 19.0 Å². The third-order valence-electron chi connectivity index (χ3n) is 4.65. The number of carbonyl (C=O) groups is 1. The number of hydrogen-bond acceptors (Lipinski definition) is 5. The first-order chi connectivity index (χ1) is 15.4. The first kappa shape index (κ1) is 22.9. The molecule has 0 saturated carbocycles. The van der Waals surface area contributed by atoms with Crippen LogP contribution in [0.25, 0.3) is 0 Å². The van der Waals surface area contributed by atoms with Crippen LogP contribution >= 0.6 is 11.3 Å². The lowest BCUT2D eigenvalue weighted by Crippen LogP contribution is -2.55. The monoisotopic (exact) mass is 456 g/mol. The van der Waals surface area contributed by atoms with Gasteiger partial charge in [-0.2, -0.15) is 0 Å². The number of thiophene rings is 1. The van der Waals surface area contributed by atoms with Gasteiger partial charge in [0.2, 0.25) is 5.91 Å². The molecule has 8 nitrogen and oxygen atoms in total. The summed E-state index contributed by atoms with van der Waals surface area (Å²) in [5.74, 6) is -1.04. The van der Waals surface area contributed by atoms with Gasteiger partial charge >= 0.3 is 17.1 Å². The predicted molar refractivity (Wildman–Crippen MR) is 120 cm³/mol. The third-order valence-corrected chi connectivity index (χ3v) is 5.58. The van der Waals surface area contributed by atoms with Gasteiger partial charge in [-0.15, -0.1) is 24.5 Å². The number of hydrogen-bond donors (Lipinski definition) is 1. The molecule has 32 heavy (non-hydrogen) atoms. The summed E-state index contributed by atoms with van der Waals surface area (Å²) in [7, 11) is 0. The molecule has 2 aromatic heterocycles. The number of amides is 1. The molecule has 1 N–H and O–H groups in total. The predicted octanol–water partition coefficient (Wildman–Crippen LogP) is 1.65. The zero-order chi connectivity index (χ0) is 23.3. The van der Waals surface area contributed by atoms with Crippen molar-refractivity contribution in [3.8, 4) is 0 Å². The number of allylic oxidation sites excluding steroid dienone is 2. The quantitative estimate of drug-likeness (QED) is 0.496. The first-order valence-electron chi connectivity index (χ1n) is 9.61. The van der Waals surface area contributed by atoms with Crippen molar-refractivity contribution in [2.45, 2.75) is 25.7 Å². The zero-order valence-electron chi connectivity index (χ0n) is 17.1. The van der Waals surface area contributed by atoms with Crippen LogP contribution in [0.15, 0.2) is 81.5 Å². The highest BCUT2D eigenvalue weighted by Gasteiger charge is 2.21. The second-order valence-electron chi connectivity index (χ2n) is 6.80. The van der Waals surface area contributed by atoms with Crippen molar-refractivity contribution in [2.24, 2.45) is 0 Å². The second kappa shape index (κ2) is 10.0. The minimum absolute atomic E-state index is 0.121. The zero-order valence-corrected chi connectivity index (χ0v) is 17.9. The number of benzene rings is 1. The van der Waals surface area contributed by atoms with Gasteiger partial charge in [0.05, 0.1) is 19.1 Å². The third kappa shape index (κ3) is 4.75. The summed E-state index contributed by atoms with van der Waals surface area (Å²) in [6.07, 6.45) is 2.69. The molecule has 0 bridgehead atoms. The van der Waals surface area contributed by atoms with Crippen molar-refractivity contribution in [3.05, 3.63) is 115 Å². The average molecular weight is 456 g/mol. The Morgan fingerprint density at radius 1 is 0.969 bits per heavy atom. The van der Waals surface area contributed by atoms with Crippen LogP contribution in [0.5, 0.6) is 0 Å². The summed E-state index contributed by atoms with van der Waals surface area (Å²) in [5.41, 5.74) is -2.00. The Morgan fingerprint density at radius 3 is 2.03 bits per heavy atom. The van der Waals surface area contributed by atoms with E-state index >= 15 is 0 Å². The van der Waals surface area contributed by atoms with Crippen molar-refractivity contribution in [3.63, 3.8) is 0 Å². The van der Waals surface area contributed by atoms with Gasteiger partial charge in [-0.3, -0.25) is 4.79 Å². The van der Waals surface area contributed by atoms with E-state index in [9.17, 15) is 23.6 Å². The van der Waals surface area contributed by atoms with E-state index in [4.69, 9.17) is 0 Å².